The number of methoxy groups -OCH3 is 2. The molecular weight excluding hydrogens is 548 g/mol. The molecule has 238 valence electrons. The maximum Gasteiger partial charge on any atom is 0.345 e. The lowest BCUT2D eigenvalue weighted by molar-refractivity contribution is -0.145. The van der Waals surface area contributed by atoms with E-state index in [4.69, 9.17) is 18.9 Å². The Hall–Kier alpha value is -3.68. The number of aromatic hydroxyl groups is 2. The standard InChI is InChI=1S/C35H50O8/c1-5-6-7-8-9-10-11-12-13-14-15-16-17-18-19-20-32(38)42-25-27-23-28(40-3)24-30(37)34(27)43-31-22-26(2)21-29(36)33(31)35(39)41-4/h12-13,21-24,36-37H,5-11,14-20,25H2,1-4H3/b13-12-. The molecule has 0 saturated carbocycles. The van der Waals surface area contributed by atoms with Crippen molar-refractivity contribution >= 4 is 11.9 Å². The molecule has 0 amide bonds. The number of rotatable bonds is 21. The van der Waals surface area contributed by atoms with E-state index in [1.807, 2.05) is 0 Å². The molecule has 0 aliphatic rings. The lowest BCUT2D eigenvalue weighted by atomic mass is 10.1. The van der Waals surface area contributed by atoms with Crippen molar-refractivity contribution in [1.29, 1.82) is 0 Å². The first kappa shape index (κ1) is 35.5. The van der Waals surface area contributed by atoms with Crippen molar-refractivity contribution in [2.75, 3.05) is 14.2 Å². The van der Waals surface area contributed by atoms with Crippen LogP contribution < -0.4 is 9.47 Å². The molecule has 0 heterocycles. The second kappa shape index (κ2) is 20.3. The molecule has 0 bridgehead atoms. The second-order valence-electron chi connectivity index (χ2n) is 10.9. The van der Waals surface area contributed by atoms with Crippen molar-refractivity contribution in [3.05, 3.63) is 53.1 Å². The lowest BCUT2D eigenvalue weighted by Crippen LogP contribution is -2.07. The Morgan fingerprint density at radius 1 is 0.791 bits per heavy atom. The molecule has 0 fully saturated rings. The van der Waals surface area contributed by atoms with E-state index in [0.29, 0.717) is 23.3 Å². The summed E-state index contributed by atoms with van der Waals surface area (Å²) in [4.78, 5) is 24.8. The summed E-state index contributed by atoms with van der Waals surface area (Å²) in [6.07, 6.45) is 20.3. The molecule has 0 spiro atoms. The monoisotopic (exact) mass is 598 g/mol. The van der Waals surface area contributed by atoms with Crippen molar-refractivity contribution in [3.63, 3.8) is 0 Å². The first-order chi connectivity index (χ1) is 20.8. The molecule has 2 aromatic carbocycles. The molecule has 8 heteroatoms. The minimum atomic E-state index is -0.798. The summed E-state index contributed by atoms with van der Waals surface area (Å²) in [6, 6.07) is 5.88. The number of phenolic OH excluding ortho intramolecular Hbond substituents is 2. The van der Waals surface area contributed by atoms with Crippen LogP contribution in [-0.2, 0) is 20.9 Å². The van der Waals surface area contributed by atoms with E-state index in [-0.39, 0.29) is 41.1 Å². The van der Waals surface area contributed by atoms with Crippen molar-refractivity contribution in [2.45, 2.75) is 110 Å². The van der Waals surface area contributed by atoms with Crippen LogP contribution in [0, 0.1) is 6.92 Å². The van der Waals surface area contributed by atoms with Crippen LogP contribution in [-0.4, -0.2) is 36.4 Å². The number of unbranched alkanes of at least 4 members (excludes halogenated alkanes) is 11. The average molecular weight is 599 g/mol. The van der Waals surface area contributed by atoms with Crippen LogP contribution in [0.5, 0.6) is 28.7 Å². The van der Waals surface area contributed by atoms with Gasteiger partial charge in [0.15, 0.2) is 11.5 Å². The fraction of sp³-hybridized carbons (Fsp3) is 0.543. The van der Waals surface area contributed by atoms with Crippen LogP contribution in [0.3, 0.4) is 0 Å². The molecule has 0 aromatic heterocycles. The summed E-state index contributed by atoms with van der Waals surface area (Å²) >= 11 is 0. The SMILES string of the molecule is CCCCCCCC/C=C\CCCCCCCC(=O)OCc1cc(OC)cc(O)c1Oc1cc(C)cc(O)c1C(=O)OC. The highest BCUT2D eigenvalue weighted by molar-refractivity contribution is 5.95. The number of esters is 2. The maximum absolute atomic E-state index is 12.5. The number of hydrogen-bond donors (Lipinski definition) is 2. The van der Waals surface area contributed by atoms with Gasteiger partial charge in [0.05, 0.1) is 14.2 Å². The van der Waals surface area contributed by atoms with Crippen LogP contribution in [0.2, 0.25) is 0 Å². The molecule has 0 atom stereocenters. The van der Waals surface area contributed by atoms with Crippen LogP contribution in [0.15, 0.2) is 36.4 Å². The number of aryl methyl sites for hydroxylation is 1. The number of ether oxygens (including phenoxy) is 4. The average Bonchev–Trinajstić information content (AvgIpc) is 2.98. The van der Waals surface area contributed by atoms with Gasteiger partial charge in [-0.25, -0.2) is 4.79 Å². The summed E-state index contributed by atoms with van der Waals surface area (Å²) < 4.78 is 21.4. The number of carbonyl (C=O) groups is 2. The first-order valence-corrected chi connectivity index (χ1v) is 15.6. The van der Waals surface area contributed by atoms with Gasteiger partial charge in [-0.1, -0.05) is 70.4 Å². The molecule has 0 aliphatic carbocycles. The molecule has 43 heavy (non-hydrogen) atoms. The zero-order chi connectivity index (χ0) is 31.5. The van der Waals surface area contributed by atoms with Gasteiger partial charge in [-0.3, -0.25) is 4.79 Å². The van der Waals surface area contributed by atoms with Gasteiger partial charge in [0, 0.05) is 18.1 Å². The topological polar surface area (TPSA) is 112 Å². The highest BCUT2D eigenvalue weighted by Crippen LogP contribution is 2.41. The van der Waals surface area contributed by atoms with Crippen molar-refractivity contribution in [2.24, 2.45) is 0 Å². The lowest BCUT2D eigenvalue weighted by Gasteiger charge is -2.17. The third-order valence-corrected chi connectivity index (χ3v) is 7.21. The number of allylic oxidation sites excluding steroid dienone is 2. The van der Waals surface area contributed by atoms with Gasteiger partial charge >= 0.3 is 11.9 Å². The summed E-state index contributed by atoms with van der Waals surface area (Å²) in [6.45, 7) is 3.80. The van der Waals surface area contributed by atoms with Gasteiger partial charge in [0.25, 0.3) is 0 Å². The van der Waals surface area contributed by atoms with Crippen molar-refractivity contribution in [1.82, 2.24) is 0 Å². The Morgan fingerprint density at radius 3 is 2.05 bits per heavy atom. The van der Waals surface area contributed by atoms with E-state index in [1.165, 1.54) is 77.4 Å². The normalized spacial score (nSPS) is 11.1. The Bertz CT molecular complexity index is 1170. The maximum atomic E-state index is 12.5. The zero-order valence-electron chi connectivity index (χ0n) is 26.4. The van der Waals surface area contributed by atoms with Crippen LogP contribution in [0.4, 0.5) is 0 Å². The van der Waals surface area contributed by atoms with Crippen molar-refractivity contribution < 1.29 is 38.7 Å². The quantitative estimate of drug-likeness (QED) is 0.0831. The molecule has 2 N–H and O–H groups in total. The smallest absolute Gasteiger partial charge is 0.345 e. The zero-order valence-corrected chi connectivity index (χ0v) is 26.4. The first-order valence-electron chi connectivity index (χ1n) is 15.6. The van der Waals surface area contributed by atoms with Crippen LogP contribution >= 0.6 is 0 Å². The van der Waals surface area contributed by atoms with E-state index in [9.17, 15) is 19.8 Å². The van der Waals surface area contributed by atoms with E-state index in [2.05, 4.69) is 19.1 Å². The van der Waals surface area contributed by atoms with Gasteiger partial charge in [0.1, 0.15) is 29.4 Å². The van der Waals surface area contributed by atoms with Gasteiger partial charge in [-0.2, -0.15) is 0 Å². The molecule has 0 saturated heterocycles. The van der Waals surface area contributed by atoms with Gasteiger partial charge in [-0.15, -0.1) is 0 Å². The number of benzene rings is 2. The number of hydrogen-bond acceptors (Lipinski definition) is 8. The Morgan fingerprint density at radius 2 is 1.42 bits per heavy atom. The molecular formula is C35H50O8. The summed E-state index contributed by atoms with van der Waals surface area (Å²) in [7, 11) is 2.64. The third-order valence-electron chi connectivity index (χ3n) is 7.21. The highest BCUT2D eigenvalue weighted by atomic mass is 16.5. The predicted molar refractivity (Wildman–Crippen MR) is 168 cm³/mol. The molecule has 0 unspecified atom stereocenters. The van der Waals surface area contributed by atoms with E-state index in [0.717, 1.165) is 38.5 Å². The highest BCUT2D eigenvalue weighted by Gasteiger charge is 2.23. The van der Waals surface area contributed by atoms with Crippen LogP contribution in [0.25, 0.3) is 0 Å². The summed E-state index contributed by atoms with van der Waals surface area (Å²) in [5.74, 6) is -1.44. The minimum Gasteiger partial charge on any atom is -0.507 e. The van der Waals surface area contributed by atoms with Gasteiger partial charge < -0.3 is 29.2 Å². The Labute approximate surface area is 257 Å². The van der Waals surface area contributed by atoms with Crippen molar-refractivity contribution in [3.8, 4) is 28.7 Å². The predicted octanol–water partition coefficient (Wildman–Crippen LogP) is 9.07. The fourth-order valence-electron chi connectivity index (χ4n) is 4.79. The Balaban J connectivity index is 1.80. The number of phenols is 2. The minimum absolute atomic E-state index is 0.00862. The molecule has 2 aromatic rings. The number of carbonyl (C=O) groups excluding carboxylic acids is 2. The Kier molecular flexibility index (Phi) is 16.7. The van der Waals surface area contributed by atoms with Gasteiger partial charge in [0.2, 0.25) is 0 Å². The van der Waals surface area contributed by atoms with E-state index >= 15 is 0 Å². The molecule has 2 rings (SSSR count). The molecule has 0 aliphatic heterocycles. The largest absolute Gasteiger partial charge is 0.507 e. The molecule has 0 radical (unpaired) electrons. The van der Waals surface area contributed by atoms with Crippen LogP contribution in [0.1, 0.15) is 118 Å². The van der Waals surface area contributed by atoms with E-state index < -0.39 is 5.97 Å². The van der Waals surface area contributed by atoms with E-state index in [1.54, 1.807) is 13.0 Å². The second-order valence-corrected chi connectivity index (χ2v) is 10.9. The fourth-order valence-corrected chi connectivity index (χ4v) is 4.79. The molecule has 8 nitrogen and oxygen atoms in total. The summed E-state index contributed by atoms with van der Waals surface area (Å²) in [5, 5.41) is 21.0. The van der Waals surface area contributed by atoms with Gasteiger partial charge in [-0.05, 0) is 62.8 Å². The third kappa shape index (κ3) is 13.0. The summed E-state index contributed by atoms with van der Waals surface area (Å²) in [5.41, 5.74) is 0.781.